The number of hydrogen-bond acceptors (Lipinski definition) is 2. The lowest BCUT2D eigenvalue weighted by molar-refractivity contribution is -0.121. The van der Waals surface area contributed by atoms with Gasteiger partial charge in [0.05, 0.1) is 5.60 Å². The Bertz CT molecular complexity index is 269. The Hall–Kier alpha value is -0.830. The monoisotopic (exact) mass is 225 g/mol. The van der Waals surface area contributed by atoms with Crippen molar-refractivity contribution in [3.8, 4) is 0 Å². The fourth-order valence-corrected chi connectivity index (χ4v) is 1.75. The minimum atomic E-state index is -0.781. The third-order valence-corrected chi connectivity index (χ3v) is 3.20. The molecule has 1 unspecified atom stereocenters. The predicted octanol–water partition coefficient (Wildman–Crippen LogP) is 2.15. The molecule has 1 amide bonds. The minimum Gasteiger partial charge on any atom is -0.388 e. The number of carbonyl (C=O) groups is 1. The topological polar surface area (TPSA) is 49.3 Å². The van der Waals surface area contributed by atoms with Crippen LogP contribution in [-0.4, -0.2) is 23.2 Å². The second-order valence-corrected chi connectivity index (χ2v) is 4.91. The van der Waals surface area contributed by atoms with Crippen LogP contribution in [0.25, 0.3) is 0 Å². The summed E-state index contributed by atoms with van der Waals surface area (Å²) in [5.74, 6) is 0.0295. The van der Waals surface area contributed by atoms with Gasteiger partial charge >= 0.3 is 0 Å². The summed E-state index contributed by atoms with van der Waals surface area (Å²) in [6.07, 6.45) is 7.94. The molecule has 1 rings (SSSR count). The Balaban J connectivity index is 2.28. The van der Waals surface area contributed by atoms with E-state index in [-0.39, 0.29) is 5.91 Å². The van der Waals surface area contributed by atoms with Crippen LogP contribution >= 0.6 is 0 Å². The Morgan fingerprint density at radius 1 is 1.56 bits per heavy atom. The van der Waals surface area contributed by atoms with Crippen molar-refractivity contribution in [1.82, 2.24) is 5.32 Å². The van der Waals surface area contributed by atoms with E-state index in [0.717, 1.165) is 12.8 Å². The van der Waals surface area contributed by atoms with E-state index in [9.17, 15) is 9.90 Å². The molecule has 0 aromatic rings. The van der Waals surface area contributed by atoms with E-state index in [1.807, 2.05) is 6.92 Å². The second kappa shape index (κ2) is 6.04. The summed E-state index contributed by atoms with van der Waals surface area (Å²) in [4.78, 5) is 11.6. The van der Waals surface area contributed by atoms with Crippen LogP contribution in [0.4, 0.5) is 0 Å². The minimum absolute atomic E-state index is 0.0295. The van der Waals surface area contributed by atoms with E-state index in [4.69, 9.17) is 0 Å². The number of amides is 1. The van der Waals surface area contributed by atoms with Crippen LogP contribution < -0.4 is 5.32 Å². The molecule has 1 aliphatic carbocycles. The van der Waals surface area contributed by atoms with Crippen LogP contribution in [0.15, 0.2) is 11.6 Å². The van der Waals surface area contributed by atoms with Crippen LogP contribution in [-0.2, 0) is 4.79 Å². The molecule has 3 heteroatoms. The van der Waals surface area contributed by atoms with E-state index < -0.39 is 5.60 Å². The first-order chi connectivity index (χ1) is 7.53. The molecule has 3 nitrogen and oxygen atoms in total. The number of nitrogens with one attached hydrogen (secondary N) is 1. The molecule has 16 heavy (non-hydrogen) atoms. The molecule has 0 saturated heterocycles. The molecule has 2 N–H and O–H groups in total. The molecule has 0 aliphatic heterocycles. The highest BCUT2D eigenvalue weighted by atomic mass is 16.3. The summed E-state index contributed by atoms with van der Waals surface area (Å²) < 4.78 is 0. The highest BCUT2D eigenvalue weighted by Crippen LogP contribution is 2.19. The summed E-state index contributed by atoms with van der Waals surface area (Å²) >= 11 is 0. The van der Waals surface area contributed by atoms with Gasteiger partial charge in [0.1, 0.15) is 0 Å². The van der Waals surface area contributed by atoms with E-state index >= 15 is 0 Å². The normalized spacial score (nSPS) is 19.8. The van der Waals surface area contributed by atoms with Gasteiger partial charge in [0.2, 0.25) is 5.91 Å². The van der Waals surface area contributed by atoms with Crippen LogP contribution in [0.5, 0.6) is 0 Å². The van der Waals surface area contributed by atoms with Gasteiger partial charge < -0.3 is 10.4 Å². The molecular weight excluding hydrogens is 202 g/mol. The standard InChI is InChI=1S/C13H23NO2/c1-3-13(2,16)10-14-12(15)9-11-7-5-4-6-8-11/h7,16H,3-6,8-10H2,1-2H3,(H,14,15). The lowest BCUT2D eigenvalue weighted by Gasteiger charge is -2.22. The Morgan fingerprint density at radius 3 is 2.88 bits per heavy atom. The third-order valence-electron chi connectivity index (χ3n) is 3.20. The smallest absolute Gasteiger partial charge is 0.224 e. The SMILES string of the molecule is CCC(C)(O)CNC(=O)CC1=CCCCC1. The largest absolute Gasteiger partial charge is 0.388 e. The molecule has 0 spiro atoms. The van der Waals surface area contributed by atoms with Crippen LogP contribution in [0.3, 0.4) is 0 Å². The lowest BCUT2D eigenvalue weighted by atomic mass is 9.97. The first kappa shape index (κ1) is 13.2. The number of rotatable bonds is 5. The summed E-state index contributed by atoms with van der Waals surface area (Å²) in [5.41, 5.74) is 0.469. The van der Waals surface area contributed by atoms with Gasteiger partial charge in [-0.25, -0.2) is 0 Å². The molecular formula is C13H23NO2. The average Bonchev–Trinajstić information content (AvgIpc) is 2.28. The first-order valence-electron chi connectivity index (χ1n) is 6.20. The Labute approximate surface area is 97.9 Å². The average molecular weight is 225 g/mol. The third kappa shape index (κ3) is 4.79. The first-order valence-corrected chi connectivity index (χ1v) is 6.20. The summed E-state index contributed by atoms with van der Waals surface area (Å²) in [7, 11) is 0. The van der Waals surface area contributed by atoms with Crippen molar-refractivity contribution in [2.24, 2.45) is 0 Å². The van der Waals surface area contributed by atoms with Gasteiger partial charge in [-0.15, -0.1) is 0 Å². The summed E-state index contributed by atoms with van der Waals surface area (Å²) in [6.45, 7) is 4.00. The van der Waals surface area contributed by atoms with E-state index in [2.05, 4.69) is 11.4 Å². The van der Waals surface area contributed by atoms with Crippen LogP contribution in [0.1, 0.15) is 52.4 Å². The van der Waals surface area contributed by atoms with E-state index in [1.165, 1.54) is 18.4 Å². The molecule has 1 aliphatic rings. The zero-order valence-corrected chi connectivity index (χ0v) is 10.4. The number of carbonyl (C=O) groups excluding carboxylic acids is 1. The number of hydrogen-bond donors (Lipinski definition) is 2. The van der Waals surface area contributed by atoms with Gasteiger partial charge in [0, 0.05) is 13.0 Å². The molecule has 0 bridgehead atoms. The molecule has 0 fully saturated rings. The quantitative estimate of drug-likeness (QED) is 0.704. The van der Waals surface area contributed by atoms with Crippen molar-refractivity contribution in [2.75, 3.05) is 6.54 Å². The molecule has 0 radical (unpaired) electrons. The second-order valence-electron chi connectivity index (χ2n) is 4.91. The van der Waals surface area contributed by atoms with Crippen molar-refractivity contribution < 1.29 is 9.90 Å². The van der Waals surface area contributed by atoms with Crippen molar-refractivity contribution in [1.29, 1.82) is 0 Å². The molecule has 1 atom stereocenters. The highest BCUT2D eigenvalue weighted by Gasteiger charge is 2.18. The maximum absolute atomic E-state index is 11.6. The molecule has 0 saturated carbocycles. The molecule has 0 heterocycles. The maximum atomic E-state index is 11.6. The number of aliphatic hydroxyl groups is 1. The van der Waals surface area contributed by atoms with Gasteiger partial charge in [-0.1, -0.05) is 18.6 Å². The van der Waals surface area contributed by atoms with Crippen molar-refractivity contribution in [2.45, 2.75) is 58.0 Å². The fraction of sp³-hybridized carbons (Fsp3) is 0.769. The zero-order chi connectivity index (χ0) is 12.0. The van der Waals surface area contributed by atoms with Crippen LogP contribution in [0.2, 0.25) is 0 Å². The van der Waals surface area contributed by atoms with Crippen molar-refractivity contribution >= 4 is 5.91 Å². The van der Waals surface area contributed by atoms with Crippen molar-refractivity contribution in [3.63, 3.8) is 0 Å². The predicted molar refractivity (Wildman–Crippen MR) is 65.1 cm³/mol. The number of allylic oxidation sites excluding steroid dienone is 1. The van der Waals surface area contributed by atoms with E-state index in [0.29, 0.717) is 19.4 Å². The van der Waals surface area contributed by atoms with Gasteiger partial charge in [0.15, 0.2) is 0 Å². The fourth-order valence-electron chi connectivity index (χ4n) is 1.75. The Morgan fingerprint density at radius 2 is 2.31 bits per heavy atom. The van der Waals surface area contributed by atoms with Gasteiger partial charge in [-0.05, 0) is 39.0 Å². The Kier molecular flexibility index (Phi) is 5.00. The highest BCUT2D eigenvalue weighted by molar-refractivity contribution is 5.78. The van der Waals surface area contributed by atoms with Gasteiger partial charge in [0.25, 0.3) is 0 Å². The van der Waals surface area contributed by atoms with Gasteiger partial charge in [-0.2, -0.15) is 0 Å². The van der Waals surface area contributed by atoms with Crippen LogP contribution in [0, 0.1) is 0 Å². The zero-order valence-electron chi connectivity index (χ0n) is 10.4. The lowest BCUT2D eigenvalue weighted by Crippen LogP contribution is -2.40. The summed E-state index contributed by atoms with van der Waals surface area (Å²) in [6, 6.07) is 0. The molecule has 92 valence electrons. The molecule has 0 aromatic carbocycles. The maximum Gasteiger partial charge on any atom is 0.224 e. The molecule has 0 aromatic heterocycles. The summed E-state index contributed by atoms with van der Waals surface area (Å²) in [5, 5.41) is 12.5. The van der Waals surface area contributed by atoms with Crippen molar-refractivity contribution in [3.05, 3.63) is 11.6 Å². The van der Waals surface area contributed by atoms with E-state index in [1.54, 1.807) is 6.92 Å². The van der Waals surface area contributed by atoms with Gasteiger partial charge in [-0.3, -0.25) is 4.79 Å².